The summed E-state index contributed by atoms with van der Waals surface area (Å²) in [6.45, 7) is 0. The molecule has 1 saturated carbocycles. The molecule has 6 nitrogen and oxygen atoms in total. The Kier molecular flexibility index (Phi) is 6.71. The minimum atomic E-state index is -1.06. The number of ketones is 2. The third-order valence-electron chi connectivity index (χ3n) is 7.35. The fraction of sp³-hybridized carbons (Fsp3) is 0.125. The van der Waals surface area contributed by atoms with Crippen LogP contribution in [0, 0.1) is 11.8 Å². The van der Waals surface area contributed by atoms with Crippen molar-refractivity contribution in [1.82, 2.24) is 0 Å². The molecular weight excluding hydrogens is 480 g/mol. The summed E-state index contributed by atoms with van der Waals surface area (Å²) in [5, 5.41) is 18.7. The van der Waals surface area contributed by atoms with Crippen molar-refractivity contribution in [2.24, 2.45) is 11.8 Å². The van der Waals surface area contributed by atoms with Gasteiger partial charge in [-0.2, -0.15) is 0 Å². The van der Waals surface area contributed by atoms with E-state index in [0.717, 1.165) is 11.1 Å². The van der Waals surface area contributed by atoms with E-state index >= 15 is 0 Å². The number of Topliss-reactive ketones (excluding diaryl/α,β-unsaturated/α-hetero) is 2. The Morgan fingerprint density at radius 2 is 0.737 bits per heavy atom. The summed E-state index contributed by atoms with van der Waals surface area (Å²) in [6, 6.07) is 30.4. The van der Waals surface area contributed by atoms with Crippen molar-refractivity contribution in [3.8, 4) is 0 Å². The van der Waals surface area contributed by atoms with Crippen LogP contribution in [0.2, 0.25) is 0 Å². The van der Waals surface area contributed by atoms with Gasteiger partial charge in [0.05, 0.1) is 11.1 Å². The molecule has 0 heterocycles. The smallest absolute Gasteiger partial charge is 0.335 e. The van der Waals surface area contributed by atoms with E-state index < -0.39 is 35.6 Å². The monoisotopic (exact) mass is 504 g/mol. The molecule has 0 amide bonds. The average molecular weight is 505 g/mol. The van der Waals surface area contributed by atoms with Crippen LogP contribution in [0.4, 0.5) is 0 Å². The molecule has 4 unspecified atom stereocenters. The average Bonchev–Trinajstić information content (AvgIpc) is 2.94. The molecular formula is C32H24O6. The van der Waals surface area contributed by atoms with Crippen molar-refractivity contribution in [3.63, 3.8) is 0 Å². The SMILES string of the molecule is O=C(O)c1ccc(C2C(C(=O)c3ccccc3)C(C(=O)c3ccccc3)C2c2ccc(C(=O)O)cc2)cc1. The highest BCUT2D eigenvalue weighted by molar-refractivity contribution is 6.07. The van der Waals surface area contributed by atoms with Crippen LogP contribution >= 0.6 is 0 Å². The van der Waals surface area contributed by atoms with E-state index in [1.807, 2.05) is 12.1 Å². The van der Waals surface area contributed by atoms with Gasteiger partial charge in [0.15, 0.2) is 11.6 Å². The zero-order valence-electron chi connectivity index (χ0n) is 20.2. The van der Waals surface area contributed by atoms with Crippen LogP contribution in [0.3, 0.4) is 0 Å². The van der Waals surface area contributed by atoms with Crippen LogP contribution in [-0.2, 0) is 0 Å². The Labute approximate surface area is 219 Å². The molecule has 1 aliphatic carbocycles. The van der Waals surface area contributed by atoms with Gasteiger partial charge in [0.25, 0.3) is 0 Å². The minimum Gasteiger partial charge on any atom is -0.478 e. The van der Waals surface area contributed by atoms with E-state index in [1.165, 1.54) is 24.3 Å². The van der Waals surface area contributed by atoms with E-state index in [1.54, 1.807) is 72.8 Å². The largest absolute Gasteiger partial charge is 0.478 e. The standard InChI is InChI=1S/C32H24O6/c33-29(21-7-3-1-4-8-21)27-25(19-11-15-23(16-12-19)31(35)36)26(20-13-17-24(18-14-20)32(37)38)28(27)30(34)22-9-5-2-6-10-22/h1-18,25-28H,(H,35,36)(H,37,38). The topological polar surface area (TPSA) is 109 Å². The molecule has 4 aromatic rings. The minimum absolute atomic E-state index is 0.123. The van der Waals surface area contributed by atoms with Gasteiger partial charge >= 0.3 is 11.9 Å². The van der Waals surface area contributed by atoms with Gasteiger partial charge in [0, 0.05) is 34.8 Å². The van der Waals surface area contributed by atoms with Crippen LogP contribution in [-0.4, -0.2) is 33.7 Å². The van der Waals surface area contributed by atoms with E-state index in [2.05, 4.69) is 0 Å². The van der Waals surface area contributed by atoms with Gasteiger partial charge in [-0.05, 0) is 35.4 Å². The Morgan fingerprint density at radius 3 is 1.03 bits per heavy atom. The normalized spacial score (nSPS) is 20.2. The highest BCUT2D eigenvalue weighted by Crippen LogP contribution is 2.59. The zero-order chi connectivity index (χ0) is 26.8. The highest BCUT2D eigenvalue weighted by atomic mass is 16.4. The number of benzene rings is 4. The highest BCUT2D eigenvalue weighted by Gasteiger charge is 2.57. The number of carboxylic acid groups (broad SMARTS) is 2. The molecule has 1 fully saturated rings. The second-order valence-corrected chi connectivity index (χ2v) is 9.42. The van der Waals surface area contributed by atoms with Crippen molar-refractivity contribution < 1.29 is 29.4 Å². The summed E-state index contributed by atoms with van der Waals surface area (Å²) in [6.07, 6.45) is 0. The molecule has 2 N–H and O–H groups in total. The number of carboxylic acids is 2. The van der Waals surface area contributed by atoms with Crippen molar-refractivity contribution in [2.75, 3.05) is 0 Å². The third kappa shape index (κ3) is 4.52. The maximum absolute atomic E-state index is 13.9. The van der Waals surface area contributed by atoms with Crippen molar-refractivity contribution in [1.29, 1.82) is 0 Å². The molecule has 6 heteroatoms. The van der Waals surface area contributed by atoms with Crippen LogP contribution < -0.4 is 0 Å². The second kappa shape index (κ2) is 10.3. The second-order valence-electron chi connectivity index (χ2n) is 9.42. The molecule has 0 aromatic heterocycles. The number of aromatic carboxylic acids is 2. The lowest BCUT2D eigenvalue weighted by atomic mass is 9.49. The molecule has 0 saturated heterocycles. The summed E-state index contributed by atoms with van der Waals surface area (Å²) in [7, 11) is 0. The van der Waals surface area contributed by atoms with Crippen LogP contribution in [0.5, 0.6) is 0 Å². The molecule has 0 aliphatic heterocycles. The first-order valence-electron chi connectivity index (χ1n) is 12.2. The Bertz CT molecular complexity index is 1370. The van der Waals surface area contributed by atoms with E-state index in [0.29, 0.717) is 11.1 Å². The van der Waals surface area contributed by atoms with Gasteiger partial charge in [0.1, 0.15) is 0 Å². The molecule has 4 aromatic carbocycles. The van der Waals surface area contributed by atoms with Gasteiger partial charge < -0.3 is 10.2 Å². The van der Waals surface area contributed by atoms with Crippen LogP contribution in [0.1, 0.15) is 64.4 Å². The van der Waals surface area contributed by atoms with Crippen molar-refractivity contribution >= 4 is 23.5 Å². The van der Waals surface area contributed by atoms with Gasteiger partial charge in [0.2, 0.25) is 0 Å². The summed E-state index contributed by atoms with van der Waals surface area (Å²) >= 11 is 0. The van der Waals surface area contributed by atoms with E-state index in [4.69, 9.17) is 0 Å². The fourth-order valence-electron chi connectivity index (χ4n) is 5.52. The first-order valence-corrected chi connectivity index (χ1v) is 12.2. The predicted molar refractivity (Wildman–Crippen MR) is 141 cm³/mol. The predicted octanol–water partition coefficient (Wildman–Crippen LogP) is 5.96. The Hall–Kier alpha value is -4.84. The van der Waals surface area contributed by atoms with Gasteiger partial charge in [-0.3, -0.25) is 9.59 Å². The maximum atomic E-state index is 13.9. The molecule has 1 aliphatic rings. The number of rotatable bonds is 8. The summed E-state index contributed by atoms with van der Waals surface area (Å²) < 4.78 is 0. The lowest BCUT2D eigenvalue weighted by molar-refractivity contribution is 0.0456. The molecule has 4 atom stereocenters. The molecule has 0 spiro atoms. The molecule has 0 radical (unpaired) electrons. The van der Waals surface area contributed by atoms with Gasteiger partial charge in [-0.25, -0.2) is 9.59 Å². The number of hydrogen-bond donors (Lipinski definition) is 2. The number of hydrogen-bond acceptors (Lipinski definition) is 4. The van der Waals surface area contributed by atoms with Crippen molar-refractivity contribution in [2.45, 2.75) is 11.8 Å². The van der Waals surface area contributed by atoms with Gasteiger partial charge in [-0.1, -0.05) is 84.9 Å². The van der Waals surface area contributed by atoms with Crippen LogP contribution in [0.25, 0.3) is 0 Å². The molecule has 188 valence electrons. The Morgan fingerprint density at radius 1 is 0.421 bits per heavy atom. The summed E-state index contributed by atoms with van der Waals surface area (Å²) in [5.74, 6) is -4.65. The fourth-order valence-corrected chi connectivity index (χ4v) is 5.52. The summed E-state index contributed by atoms with van der Waals surface area (Å²) in [5.41, 5.74) is 2.73. The first-order chi connectivity index (χ1) is 18.4. The third-order valence-corrected chi connectivity index (χ3v) is 7.35. The first kappa shape index (κ1) is 24.8. The zero-order valence-corrected chi connectivity index (χ0v) is 20.2. The van der Waals surface area contributed by atoms with Crippen LogP contribution in [0.15, 0.2) is 109 Å². The lowest BCUT2D eigenvalue weighted by Gasteiger charge is -2.51. The maximum Gasteiger partial charge on any atom is 0.335 e. The molecule has 38 heavy (non-hydrogen) atoms. The van der Waals surface area contributed by atoms with E-state index in [9.17, 15) is 29.4 Å². The number of carbonyl (C=O) groups is 4. The van der Waals surface area contributed by atoms with E-state index in [-0.39, 0.29) is 22.7 Å². The molecule has 0 bridgehead atoms. The quantitative estimate of drug-likeness (QED) is 0.287. The Balaban J connectivity index is 1.65. The van der Waals surface area contributed by atoms with Gasteiger partial charge in [-0.15, -0.1) is 0 Å². The lowest BCUT2D eigenvalue weighted by Crippen LogP contribution is -2.51. The summed E-state index contributed by atoms with van der Waals surface area (Å²) in [4.78, 5) is 50.8. The number of carbonyl (C=O) groups excluding carboxylic acids is 2. The van der Waals surface area contributed by atoms with Crippen molar-refractivity contribution in [3.05, 3.63) is 143 Å². The molecule has 5 rings (SSSR count).